The summed E-state index contributed by atoms with van der Waals surface area (Å²) in [5.41, 5.74) is 0. The van der Waals surface area contributed by atoms with Gasteiger partial charge < -0.3 is 14.0 Å². The Balaban J connectivity index is 3.51. The van der Waals surface area contributed by atoms with E-state index in [0.717, 1.165) is 36.7 Å². The molecule has 20 heavy (non-hydrogen) atoms. The van der Waals surface area contributed by atoms with Gasteiger partial charge in [-0.15, -0.1) is 0 Å². The third-order valence-electron chi connectivity index (χ3n) is 2.82. The number of carbonyl (C=O) groups is 2. The van der Waals surface area contributed by atoms with Crippen LogP contribution in [0.25, 0.3) is 0 Å². The van der Waals surface area contributed by atoms with E-state index in [2.05, 4.69) is 6.92 Å². The minimum atomic E-state index is -0.332. The first-order valence-corrected chi connectivity index (χ1v) is 7.47. The lowest BCUT2D eigenvalue weighted by molar-refractivity contribution is -0.870. The average molecular weight is 288 g/mol. The number of nitrogens with zero attached hydrogens (tertiary/aromatic N) is 1. The highest BCUT2D eigenvalue weighted by molar-refractivity contribution is 5.77. The number of hydrogen-bond donors (Lipinski definition) is 0. The molecule has 0 spiro atoms. The summed E-state index contributed by atoms with van der Waals surface area (Å²) in [6.45, 7) is 3.73. The Hall–Kier alpha value is -1.10. The molecule has 0 amide bonds. The first kappa shape index (κ1) is 18.9. The van der Waals surface area contributed by atoms with Gasteiger partial charge in [0.25, 0.3) is 0 Å². The molecule has 0 aromatic carbocycles. The maximum Gasteiger partial charge on any atom is 0.306 e. The summed E-state index contributed by atoms with van der Waals surface area (Å²) in [4.78, 5) is 22.8. The Morgan fingerprint density at radius 2 is 1.40 bits per heavy atom. The summed E-state index contributed by atoms with van der Waals surface area (Å²) in [5, 5.41) is 0. The lowest BCUT2D eigenvalue weighted by Gasteiger charge is -2.23. The zero-order valence-electron chi connectivity index (χ0n) is 13.4. The van der Waals surface area contributed by atoms with Crippen LogP contribution in [0.3, 0.4) is 0 Å². The fourth-order valence-electron chi connectivity index (χ4n) is 1.50. The third kappa shape index (κ3) is 13.3. The van der Waals surface area contributed by atoms with Crippen LogP contribution in [-0.4, -0.2) is 57.3 Å². The van der Waals surface area contributed by atoms with Gasteiger partial charge in [-0.05, 0) is 6.42 Å². The van der Waals surface area contributed by atoms with Gasteiger partial charge in [-0.2, -0.15) is 0 Å². The number of ether oxygens (including phenoxy) is 2. The molecule has 0 atom stereocenters. The Labute approximate surface area is 122 Å². The lowest BCUT2D eigenvalue weighted by atomic mass is 10.2. The molecule has 0 heterocycles. The van der Waals surface area contributed by atoms with Crippen molar-refractivity contribution in [1.82, 2.24) is 0 Å². The quantitative estimate of drug-likeness (QED) is 0.332. The number of unbranched alkanes of at least 4 members (excludes halogenated alkanes) is 3. The first-order valence-electron chi connectivity index (χ1n) is 7.47. The van der Waals surface area contributed by atoms with Crippen LogP contribution in [0, 0.1) is 0 Å². The zero-order chi connectivity index (χ0) is 15.4. The van der Waals surface area contributed by atoms with Crippen LogP contribution in [0.1, 0.15) is 45.4 Å². The summed E-state index contributed by atoms with van der Waals surface area (Å²) in [5.74, 6) is -0.647. The maximum atomic E-state index is 11.4. The highest BCUT2D eigenvalue weighted by Gasteiger charge is 2.11. The molecule has 0 saturated carbocycles. The van der Waals surface area contributed by atoms with Crippen molar-refractivity contribution in [3.63, 3.8) is 0 Å². The molecule has 0 saturated heterocycles. The van der Waals surface area contributed by atoms with E-state index < -0.39 is 0 Å². The van der Waals surface area contributed by atoms with Crippen LogP contribution in [0.5, 0.6) is 0 Å². The summed E-state index contributed by atoms with van der Waals surface area (Å²) in [6, 6.07) is 0. The van der Waals surface area contributed by atoms with Crippen LogP contribution < -0.4 is 0 Å². The molecule has 0 fully saturated rings. The second kappa shape index (κ2) is 10.7. The molecule has 0 rings (SSSR count). The van der Waals surface area contributed by atoms with Gasteiger partial charge in [-0.3, -0.25) is 9.59 Å². The van der Waals surface area contributed by atoms with E-state index in [1.807, 2.05) is 21.1 Å². The highest BCUT2D eigenvalue weighted by Crippen LogP contribution is 2.01. The molecule has 0 radical (unpaired) electrons. The minimum absolute atomic E-state index is 0.102. The van der Waals surface area contributed by atoms with Crippen LogP contribution in [0.15, 0.2) is 0 Å². The van der Waals surface area contributed by atoms with Crippen molar-refractivity contribution in [3.8, 4) is 0 Å². The van der Waals surface area contributed by atoms with Gasteiger partial charge in [-0.1, -0.05) is 26.2 Å². The standard InChI is InChI=1S/C15H30NO4/c1-5-6-7-8-12-19-14(17)9-10-15(18)20-13-11-16(2,3)4/h5-13H2,1-4H3/q+1. The van der Waals surface area contributed by atoms with Crippen LogP contribution in [0.2, 0.25) is 0 Å². The molecule has 0 bridgehead atoms. The van der Waals surface area contributed by atoms with E-state index in [4.69, 9.17) is 9.47 Å². The highest BCUT2D eigenvalue weighted by atomic mass is 16.5. The summed E-state index contributed by atoms with van der Waals surface area (Å²) in [6.07, 6.45) is 4.51. The predicted octanol–water partition coefficient (Wildman–Crippen LogP) is 2.14. The summed E-state index contributed by atoms with van der Waals surface area (Å²) < 4.78 is 10.9. The molecule has 0 N–H and O–H groups in total. The van der Waals surface area contributed by atoms with E-state index in [1.54, 1.807) is 0 Å². The van der Waals surface area contributed by atoms with Crippen LogP contribution in [0.4, 0.5) is 0 Å². The van der Waals surface area contributed by atoms with E-state index in [9.17, 15) is 9.59 Å². The zero-order valence-corrected chi connectivity index (χ0v) is 13.4. The lowest BCUT2D eigenvalue weighted by Crippen LogP contribution is -2.38. The third-order valence-corrected chi connectivity index (χ3v) is 2.82. The average Bonchev–Trinajstić information content (AvgIpc) is 2.34. The van der Waals surface area contributed by atoms with Crippen molar-refractivity contribution in [2.24, 2.45) is 0 Å². The molecule has 0 aromatic heterocycles. The monoisotopic (exact) mass is 288 g/mol. The van der Waals surface area contributed by atoms with E-state index in [1.165, 1.54) is 0 Å². The summed E-state index contributed by atoms with van der Waals surface area (Å²) >= 11 is 0. The van der Waals surface area contributed by atoms with Crippen molar-refractivity contribution in [2.45, 2.75) is 45.4 Å². The largest absolute Gasteiger partial charge is 0.466 e. The second-order valence-electron chi connectivity index (χ2n) is 6.02. The van der Waals surface area contributed by atoms with Crippen molar-refractivity contribution in [2.75, 3.05) is 40.9 Å². The molecule has 0 aromatic rings. The molecule has 5 nitrogen and oxygen atoms in total. The topological polar surface area (TPSA) is 52.6 Å². The molecule has 0 aliphatic carbocycles. The van der Waals surface area contributed by atoms with E-state index in [0.29, 0.717) is 13.2 Å². The van der Waals surface area contributed by atoms with Crippen LogP contribution in [-0.2, 0) is 19.1 Å². The van der Waals surface area contributed by atoms with Crippen LogP contribution >= 0.6 is 0 Å². The molecule has 118 valence electrons. The van der Waals surface area contributed by atoms with E-state index >= 15 is 0 Å². The van der Waals surface area contributed by atoms with Crippen molar-refractivity contribution in [3.05, 3.63) is 0 Å². The predicted molar refractivity (Wildman–Crippen MR) is 78.2 cm³/mol. The first-order chi connectivity index (χ1) is 9.35. The molecular weight excluding hydrogens is 258 g/mol. The molecule has 0 unspecified atom stereocenters. The number of likely N-dealkylation sites (N-methyl/N-ethyl adjacent to an activating group) is 1. The molecule has 5 heteroatoms. The second-order valence-corrected chi connectivity index (χ2v) is 6.02. The molecule has 0 aliphatic heterocycles. The number of esters is 2. The van der Waals surface area contributed by atoms with Crippen molar-refractivity contribution in [1.29, 1.82) is 0 Å². The van der Waals surface area contributed by atoms with Crippen molar-refractivity contribution < 1.29 is 23.5 Å². The fraction of sp³-hybridized carbons (Fsp3) is 0.867. The Bertz CT molecular complexity index is 284. The normalized spacial score (nSPS) is 11.2. The molecule has 0 aliphatic rings. The van der Waals surface area contributed by atoms with Gasteiger partial charge in [-0.25, -0.2) is 0 Å². The van der Waals surface area contributed by atoms with Gasteiger partial charge >= 0.3 is 11.9 Å². The maximum absolute atomic E-state index is 11.4. The Morgan fingerprint density at radius 1 is 0.850 bits per heavy atom. The SMILES string of the molecule is CCCCCCOC(=O)CCC(=O)OCC[N+](C)(C)C. The number of hydrogen-bond acceptors (Lipinski definition) is 4. The van der Waals surface area contributed by atoms with Gasteiger partial charge in [0.2, 0.25) is 0 Å². The number of carbonyl (C=O) groups excluding carboxylic acids is 2. The van der Waals surface area contributed by atoms with Crippen molar-refractivity contribution >= 4 is 11.9 Å². The Morgan fingerprint density at radius 3 is 1.90 bits per heavy atom. The molecular formula is C15H30NO4+. The van der Waals surface area contributed by atoms with E-state index in [-0.39, 0.29) is 24.8 Å². The fourth-order valence-corrected chi connectivity index (χ4v) is 1.50. The number of quaternary nitrogens is 1. The smallest absolute Gasteiger partial charge is 0.306 e. The van der Waals surface area contributed by atoms with Gasteiger partial charge in [0.05, 0.1) is 40.6 Å². The van der Waals surface area contributed by atoms with Gasteiger partial charge in [0.15, 0.2) is 0 Å². The Kier molecular flexibility index (Phi) is 10.1. The number of rotatable bonds is 11. The van der Waals surface area contributed by atoms with Gasteiger partial charge in [0, 0.05) is 0 Å². The summed E-state index contributed by atoms with van der Waals surface area (Å²) in [7, 11) is 6.09. The minimum Gasteiger partial charge on any atom is -0.466 e. The van der Waals surface area contributed by atoms with Gasteiger partial charge in [0.1, 0.15) is 13.2 Å².